The fraction of sp³-hybridized carbons (Fsp3) is 0.400. The molecule has 0 spiro atoms. The molecule has 0 bridgehead atoms. The molecule has 0 aromatic heterocycles. The molecule has 3 nitrogen and oxygen atoms in total. The molecule has 0 amide bonds. The van der Waals surface area contributed by atoms with Crippen molar-refractivity contribution in [1.29, 1.82) is 0 Å². The van der Waals surface area contributed by atoms with E-state index < -0.39 is 10.0 Å². The van der Waals surface area contributed by atoms with E-state index in [1.54, 1.807) is 6.92 Å². The SMILES string of the molecule is CCN(CCCl)S(=O)(=O)c1cc(Cl)cc(Cl)c1. The predicted octanol–water partition coefficient (Wildman–Crippen LogP) is 3.24. The summed E-state index contributed by atoms with van der Waals surface area (Å²) in [5, 5.41) is 0.580. The third kappa shape index (κ3) is 3.73. The average Bonchev–Trinajstić information content (AvgIpc) is 2.24. The lowest BCUT2D eigenvalue weighted by atomic mass is 10.4. The minimum absolute atomic E-state index is 0.0852. The van der Waals surface area contributed by atoms with Gasteiger partial charge in [-0.1, -0.05) is 30.1 Å². The number of rotatable bonds is 5. The molecule has 0 aliphatic rings. The van der Waals surface area contributed by atoms with E-state index in [0.29, 0.717) is 6.54 Å². The van der Waals surface area contributed by atoms with Gasteiger partial charge in [0.05, 0.1) is 4.90 Å². The van der Waals surface area contributed by atoms with Crippen molar-refractivity contribution in [2.45, 2.75) is 11.8 Å². The highest BCUT2D eigenvalue weighted by Crippen LogP contribution is 2.24. The minimum Gasteiger partial charge on any atom is -0.207 e. The van der Waals surface area contributed by atoms with Gasteiger partial charge in [-0.3, -0.25) is 0 Å². The van der Waals surface area contributed by atoms with Crippen molar-refractivity contribution in [3.8, 4) is 0 Å². The van der Waals surface area contributed by atoms with E-state index in [0.717, 1.165) is 0 Å². The summed E-state index contributed by atoms with van der Waals surface area (Å²) in [4.78, 5) is 0.0852. The van der Waals surface area contributed by atoms with Gasteiger partial charge in [-0.05, 0) is 18.2 Å². The van der Waals surface area contributed by atoms with Crippen LogP contribution in [0.15, 0.2) is 23.1 Å². The standard InChI is InChI=1S/C10H12Cl3NO2S/c1-2-14(4-3-11)17(15,16)10-6-8(12)5-9(13)7-10/h5-7H,2-4H2,1H3. The van der Waals surface area contributed by atoms with Gasteiger partial charge in [0.15, 0.2) is 0 Å². The number of sulfonamides is 1. The maximum atomic E-state index is 12.2. The average molecular weight is 317 g/mol. The van der Waals surface area contributed by atoms with E-state index in [-0.39, 0.29) is 27.4 Å². The Hall–Kier alpha value is -0.000000000000000111. The van der Waals surface area contributed by atoms with Gasteiger partial charge in [-0.15, -0.1) is 11.6 Å². The monoisotopic (exact) mass is 315 g/mol. The zero-order chi connectivity index (χ0) is 13.1. The Kier molecular flexibility index (Phi) is 5.54. The first-order valence-electron chi connectivity index (χ1n) is 4.94. The topological polar surface area (TPSA) is 37.4 Å². The molecule has 0 aliphatic heterocycles. The highest BCUT2D eigenvalue weighted by atomic mass is 35.5. The fourth-order valence-electron chi connectivity index (χ4n) is 1.37. The first-order chi connectivity index (χ1) is 7.91. The predicted molar refractivity (Wildman–Crippen MR) is 71.6 cm³/mol. The second kappa shape index (κ2) is 6.25. The van der Waals surface area contributed by atoms with Crippen molar-refractivity contribution in [3.05, 3.63) is 28.2 Å². The maximum absolute atomic E-state index is 12.2. The fourth-order valence-corrected chi connectivity index (χ4v) is 3.85. The zero-order valence-electron chi connectivity index (χ0n) is 9.16. The van der Waals surface area contributed by atoms with Crippen molar-refractivity contribution in [3.63, 3.8) is 0 Å². The molecule has 0 saturated heterocycles. The molecule has 0 atom stereocenters. The van der Waals surface area contributed by atoms with E-state index in [2.05, 4.69) is 0 Å². The Morgan fingerprint density at radius 1 is 1.18 bits per heavy atom. The van der Waals surface area contributed by atoms with Crippen LogP contribution in [0.1, 0.15) is 6.92 Å². The summed E-state index contributed by atoms with van der Waals surface area (Å²) in [6.07, 6.45) is 0. The van der Waals surface area contributed by atoms with Gasteiger partial charge in [0.2, 0.25) is 10.0 Å². The Labute approximate surface area is 116 Å². The molecule has 17 heavy (non-hydrogen) atoms. The highest BCUT2D eigenvalue weighted by molar-refractivity contribution is 7.89. The third-order valence-corrected chi connectivity index (χ3v) is 4.72. The first kappa shape index (κ1) is 15.1. The van der Waals surface area contributed by atoms with Crippen molar-refractivity contribution >= 4 is 44.8 Å². The smallest absolute Gasteiger partial charge is 0.207 e. The molecule has 1 aromatic carbocycles. The van der Waals surface area contributed by atoms with Gasteiger partial charge >= 0.3 is 0 Å². The van der Waals surface area contributed by atoms with Gasteiger partial charge in [0.1, 0.15) is 0 Å². The highest BCUT2D eigenvalue weighted by Gasteiger charge is 2.23. The number of benzene rings is 1. The zero-order valence-corrected chi connectivity index (χ0v) is 12.2. The van der Waals surface area contributed by atoms with Gasteiger partial charge < -0.3 is 0 Å². The quantitative estimate of drug-likeness (QED) is 0.782. The van der Waals surface area contributed by atoms with Crippen LogP contribution >= 0.6 is 34.8 Å². The van der Waals surface area contributed by atoms with Crippen molar-refractivity contribution < 1.29 is 8.42 Å². The van der Waals surface area contributed by atoms with Gasteiger partial charge in [-0.25, -0.2) is 8.42 Å². The number of nitrogens with zero attached hydrogens (tertiary/aromatic N) is 1. The van der Waals surface area contributed by atoms with E-state index >= 15 is 0 Å². The van der Waals surface area contributed by atoms with E-state index in [9.17, 15) is 8.42 Å². The normalized spacial score (nSPS) is 12.1. The van der Waals surface area contributed by atoms with Crippen molar-refractivity contribution in [1.82, 2.24) is 4.31 Å². The lowest BCUT2D eigenvalue weighted by Crippen LogP contribution is -2.32. The second-order valence-electron chi connectivity index (χ2n) is 3.29. The number of halogens is 3. The summed E-state index contributed by atoms with van der Waals surface area (Å²) in [6, 6.07) is 4.24. The van der Waals surface area contributed by atoms with Crippen LogP contribution in [0.2, 0.25) is 10.0 Å². The molecule has 0 aliphatic carbocycles. The summed E-state index contributed by atoms with van der Waals surface area (Å²) >= 11 is 17.1. The van der Waals surface area contributed by atoms with Crippen LogP contribution in [0.4, 0.5) is 0 Å². The molecule has 0 fully saturated rings. The molecule has 1 rings (SSSR count). The second-order valence-corrected chi connectivity index (χ2v) is 6.48. The van der Waals surface area contributed by atoms with Crippen LogP contribution < -0.4 is 0 Å². The first-order valence-corrected chi connectivity index (χ1v) is 7.67. The Balaban J connectivity index is 3.20. The number of hydrogen-bond donors (Lipinski definition) is 0. The molecule has 96 valence electrons. The van der Waals surface area contributed by atoms with Crippen LogP contribution in [-0.2, 0) is 10.0 Å². The molecule has 0 radical (unpaired) electrons. The molecule has 0 unspecified atom stereocenters. The third-order valence-electron chi connectivity index (χ3n) is 2.16. The molecule has 7 heteroatoms. The van der Waals surface area contributed by atoms with E-state index in [1.807, 2.05) is 0 Å². The van der Waals surface area contributed by atoms with Crippen LogP contribution in [0, 0.1) is 0 Å². The molecular formula is C10H12Cl3NO2S. The summed E-state index contributed by atoms with van der Waals surface area (Å²) in [6.45, 7) is 2.35. The lowest BCUT2D eigenvalue weighted by Gasteiger charge is -2.19. The summed E-state index contributed by atoms with van der Waals surface area (Å²) in [5.74, 6) is 0.237. The van der Waals surface area contributed by atoms with Gasteiger partial charge in [0, 0.05) is 29.0 Å². The van der Waals surface area contributed by atoms with Crippen LogP contribution in [0.5, 0.6) is 0 Å². The Morgan fingerprint density at radius 2 is 1.71 bits per heavy atom. The van der Waals surface area contributed by atoms with Gasteiger partial charge in [0.25, 0.3) is 0 Å². The van der Waals surface area contributed by atoms with Crippen molar-refractivity contribution in [2.24, 2.45) is 0 Å². The molecule has 0 heterocycles. The minimum atomic E-state index is -3.58. The Bertz CT molecular complexity index is 470. The van der Waals surface area contributed by atoms with E-state index in [4.69, 9.17) is 34.8 Å². The maximum Gasteiger partial charge on any atom is 0.243 e. The number of hydrogen-bond acceptors (Lipinski definition) is 2. The van der Waals surface area contributed by atoms with Gasteiger partial charge in [-0.2, -0.15) is 4.31 Å². The van der Waals surface area contributed by atoms with Crippen LogP contribution in [-0.4, -0.2) is 31.7 Å². The lowest BCUT2D eigenvalue weighted by molar-refractivity contribution is 0.447. The summed E-state index contributed by atoms with van der Waals surface area (Å²) in [5.41, 5.74) is 0. The van der Waals surface area contributed by atoms with Crippen molar-refractivity contribution in [2.75, 3.05) is 19.0 Å². The van der Waals surface area contributed by atoms with Crippen LogP contribution in [0.3, 0.4) is 0 Å². The summed E-state index contributed by atoms with van der Waals surface area (Å²) < 4.78 is 25.7. The van der Waals surface area contributed by atoms with E-state index in [1.165, 1.54) is 22.5 Å². The summed E-state index contributed by atoms with van der Waals surface area (Å²) in [7, 11) is -3.58. The number of alkyl halides is 1. The largest absolute Gasteiger partial charge is 0.243 e. The molecule has 0 saturated carbocycles. The van der Waals surface area contributed by atoms with Crippen LogP contribution in [0.25, 0.3) is 0 Å². The molecular weight excluding hydrogens is 305 g/mol. The Morgan fingerprint density at radius 3 is 2.12 bits per heavy atom. The molecule has 1 aromatic rings. The molecule has 0 N–H and O–H groups in total.